The van der Waals surface area contributed by atoms with Crippen LogP contribution in [0.2, 0.25) is 10.0 Å². The molecule has 0 atom stereocenters. The fourth-order valence-corrected chi connectivity index (χ4v) is 3.22. The average Bonchev–Trinajstić information content (AvgIpc) is 2.72. The van der Waals surface area contributed by atoms with Crippen LogP contribution in [0.15, 0.2) is 35.3 Å². The van der Waals surface area contributed by atoms with Crippen LogP contribution >= 0.6 is 23.2 Å². The van der Waals surface area contributed by atoms with Crippen LogP contribution < -0.4 is 15.6 Å². The molecule has 2 aromatic rings. The fourth-order valence-electron chi connectivity index (χ4n) is 2.88. The van der Waals surface area contributed by atoms with Crippen LogP contribution in [-0.2, 0) is 11.3 Å². The van der Waals surface area contributed by atoms with E-state index in [0.29, 0.717) is 29.6 Å². The lowest BCUT2D eigenvalue weighted by atomic mass is 10.3. The number of anilines is 1. The maximum Gasteiger partial charge on any atom is 0.287 e. The molecule has 28 heavy (non-hydrogen) atoms. The number of benzene rings is 1. The Bertz CT molecular complexity index is 808. The van der Waals surface area contributed by atoms with Crippen molar-refractivity contribution < 1.29 is 9.47 Å². The lowest BCUT2D eigenvalue weighted by molar-refractivity contribution is 0.0378. The molecule has 7 nitrogen and oxygen atoms in total. The van der Waals surface area contributed by atoms with Gasteiger partial charge in [0.25, 0.3) is 5.56 Å². The molecule has 1 aromatic heterocycles. The van der Waals surface area contributed by atoms with Crippen molar-refractivity contribution in [1.82, 2.24) is 14.7 Å². The number of halogens is 2. The van der Waals surface area contributed by atoms with Crippen LogP contribution in [0.5, 0.6) is 5.75 Å². The van der Waals surface area contributed by atoms with E-state index in [1.807, 2.05) is 0 Å². The van der Waals surface area contributed by atoms with E-state index in [2.05, 4.69) is 15.3 Å². The molecule has 2 heterocycles. The Morgan fingerprint density at radius 1 is 1.14 bits per heavy atom. The van der Waals surface area contributed by atoms with Gasteiger partial charge < -0.3 is 14.8 Å². The van der Waals surface area contributed by atoms with Crippen molar-refractivity contribution >= 4 is 28.9 Å². The zero-order valence-electron chi connectivity index (χ0n) is 15.6. The normalized spacial score (nSPS) is 14.8. The van der Waals surface area contributed by atoms with Gasteiger partial charge in [-0.25, -0.2) is 4.68 Å². The highest BCUT2D eigenvalue weighted by Gasteiger charge is 2.11. The summed E-state index contributed by atoms with van der Waals surface area (Å²) in [5, 5.41) is 8.17. The molecular formula is C19H24Cl2N4O3. The van der Waals surface area contributed by atoms with Crippen molar-refractivity contribution in [3.63, 3.8) is 0 Å². The summed E-state index contributed by atoms with van der Waals surface area (Å²) in [6, 6.07) is 7.04. The van der Waals surface area contributed by atoms with Gasteiger partial charge in [-0.2, -0.15) is 5.10 Å². The summed E-state index contributed by atoms with van der Waals surface area (Å²) in [4.78, 5) is 14.8. The Hall–Kier alpha value is -1.80. The molecule has 1 saturated heterocycles. The first kappa shape index (κ1) is 20.9. The van der Waals surface area contributed by atoms with Gasteiger partial charge in [-0.1, -0.05) is 23.2 Å². The van der Waals surface area contributed by atoms with Crippen molar-refractivity contribution in [3.8, 4) is 5.75 Å². The second-order valence-corrected chi connectivity index (χ2v) is 7.25. The van der Waals surface area contributed by atoms with Gasteiger partial charge in [0.2, 0.25) is 0 Å². The van der Waals surface area contributed by atoms with Crippen molar-refractivity contribution in [1.29, 1.82) is 0 Å². The molecule has 1 fully saturated rings. The monoisotopic (exact) mass is 426 g/mol. The fraction of sp³-hybridized carbons (Fsp3) is 0.474. The molecule has 1 aliphatic heterocycles. The highest BCUT2D eigenvalue weighted by atomic mass is 35.5. The minimum absolute atomic E-state index is 0.146. The van der Waals surface area contributed by atoms with Crippen LogP contribution in [0.25, 0.3) is 0 Å². The quantitative estimate of drug-likeness (QED) is 0.621. The van der Waals surface area contributed by atoms with E-state index in [1.54, 1.807) is 30.5 Å². The van der Waals surface area contributed by atoms with Gasteiger partial charge in [-0.15, -0.1) is 0 Å². The molecule has 9 heteroatoms. The molecule has 0 spiro atoms. The third-order valence-corrected chi connectivity index (χ3v) is 5.06. The highest BCUT2D eigenvalue weighted by Crippen LogP contribution is 2.16. The Labute approximate surface area is 174 Å². The zero-order valence-corrected chi connectivity index (χ0v) is 17.1. The lowest BCUT2D eigenvalue weighted by Gasteiger charge is -2.26. The SMILES string of the molecule is O=c1c(Cl)c(NCCCN2CCOCC2)cnn1CCOc1ccc(Cl)cc1. The van der Waals surface area contributed by atoms with E-state index in [1.165, 1.54) is 4.68 Å². The minimum Gasteiger partial charge on any atom is -0.492 e. The standard InChI is InChI=1S/C19H24Cl2N4O3/c20-15-2-4-16(5-3-15)28-13-10-25-19(26)18(21)17(14-23-25)22-6-1-7-24-8-11-27-12-9-24/h2-5,14,22H,1,6-13H2. The van der Waals surface area contributed by atoms with Gasteiger partial charge >= 0.3 is 0 Å². The predicted molar refractivity (Wildman–Crippen MR) is 111 cm³/mol. The number of ether oxygens (including phenoxy) is 2. The van der Waals surface area contributed by atoms with Crippen LogP contribution in [0.3, 0.4) is 0 Å². The molecule has 1 aromatic carbocycles. The van der Waals surface area contributed by atoms with Gasteiger partial charge in [0.05, 0.1) is 31.6 Å². The van der Waals surface area contributed by atoms with Gasteiger partial charge in [-0.05, 0) is 37.2 Å². The van der Waals surface area contributed by atoms with Gasteiger partial charge in [-0.3, -0.25) is 9.69 Å². The summed E-state index contributed by atoms with van der Waals surface area (Å²) in [5.74, 6) is 0.683. The van der Waals surface area contributed by atoms with Crippen molar-refractivity contribution in [3.05, 3.63) is 50.9 Å². The Morgan fingerprint density at radius 3 is 2.64 bits per heavy atom. The molecule has 3 rings (SSSR count). The number of nitrogens with zero attached hydrogens (tertiary/aromatic N) is 3. The molecule has 0 amide bonds. The summed E-state index contributed by atoms with van der Waals surface area (Å²) < 4.78 is 12.2. The summed E-state index contributed by atoms with van der Waals surface area (Å²) >= 11 is 12.1. The van der Waals surface area contributed by atoms with Gasteiger partial charge in [0, 0.05) is 24.7 Å². The van der Waals surface area contributed by atoms with Crippen LogP contribution in [0.4, 0.5) is 5.69 Å². The molecule has 0 unspecified atom stereocenters. The number of nitrogens with one attached hydrogen (secondary N) is 1. The molecule has 1 N–H and O–H groups in total. The average molecular weight is 427 g/mol. The third-order valence-electron chi connectivity index (χ3n) is 4.44. The van der Waals surface area contributed by atoms with Gasteiger partial charge in [0.15, 0.2) is 0 Å². The molecule has 0 radical (unpaired) electrons. The lowest BCUT2D eigenvalue weighted by Crippen LogP contribution is -2.37. The number of aromatic nitrogens is 2. The van der Waals surface area contributed by atoms with E-state index in [-0.39, 0.29) is 10.6 Å². The number of morpholine rings is 1. The second-order valence-electron chi connectivity index (χ2n) is 6.44. The van der Waals surface area contributed by atoms with E-state index in [0.717, 1.165) is 45.8 Å². The summed E-state index contributed by atoms with van der Waals surface area (Å²) in [6.07, 6.45) is 2.54. The highest BCUT2D eigenvalue weighted by molar-refractivity contribution is 6.32. The Kier molecular flexibility index (Phi) is 7.97. The molecule has 152 valence electrons. The smallest absolute Gasteiger partial charge is 0.287 e. The van der Waals surface area contributed by atoms with E-state index in [9.17, 15) is 4.79 Å². The number of hydrogen-bond acceptors (Lipinski definition) is 6. The largest absolute Gasteiger partial charge is 0.492 e. The first-order valence-electron chi connectivity index (χ1n) is 9.31. The molecule has 0 saturated carbocycles. The van der Waals surface area contributed by atoms with Gasteiger partial charge in [0.1, 0.15) is 17.4 Å². The summed E-state index contributed by atoms with van der Waals surface area (Å²) in [6.45, 7) is 5.84. The topological polar surface area (TPSA) is 68.6 Å². The summed E-state index contributed by atoms with van der Waals surface area (Å²) in [5.41, 5.74) is 0.225. The first-order chi connectivity index (χ1) is 13.6. The van der Waals surface area contributed by atoms with Crippen LogP contribution in [-0.4, -0.2) is 60.7 Å². The maximum atomic E-state index is 12.4. The van der Waals surface area contributed by atoms with E-state index >= 15 is 0 Å². The second kappa shape index (κ2) is 10.7. The van der Waals surface area contributed by atoms with Crippen LogP contribution in [0.1, 0.15) is 6.42 Å². The predicted octanol–water partition coefficient (Wildman–Crippen LogP) is 2.76. The maximum absolute atomic E-state index is 12.4. The number of rotatable bonds is 9. The van der Waals surface area contributed by atoms with Crippen molar-refractivity contribution in [2.45, 2.75) is 13.0 Å². The van der Waals surface area contributed by atoms with E-state index < -0.39 is 0 Å². The zero-order chi connectivity index (χ0) is 19.8. The van der Waals surface area contributed by atoms with Crippen molar-refractivity contribution in [2.75, 3.05) is 51.3 Å². The number of hydrogen-bond donors (Lipinski definition) is 1. The Balaban J connectivity index is 1.45. The van der Waals surface area contributed by atoms with E-state index in [4.69, 9.17) is 32.7 Å². The molecule has 1 aliphatic rings. The Morgan fingerprint density at radius 2 is 1.89 bits per heavy atom. The molecule has 0 aliphatic carbocycles. The third kappa shape index (κ3) is 6.10. The van der Waals surface area contributed by atoms with Crippen LogP contribution in [0, 0.1) is 0 Å². The summed E-state index contributed by atoms with van der Waals surface area (Å²) in [7, 11) is 0. The first-order valence-corrected chi connectivity index (χ1v) is 10.1. The van der Waals surface area contributed by atoms with Crippen molar-refractivity contribution in [2.24, 2.45) is 0 Å². The molecular weight excluding hydrogens is 403 g/mol. The minimum atomic E-state index is -0.334. The molecule has 0 bridgehead atoms.